The van der Waals surface area contributed by atoms with E-state index in [0.29, 0.717) is 42.3 Å². The van der Waals surface area contributed by atoms with Crippen LogP contribution < -0.4 is 10.6 Å². The molecule has 3 fully saturated rings. The van der Waals surface area contributed by atoms with Gasteiger partial charge in [-0.1, -0.05) is 24.4 Å². The van der Waals surface area contributed by atoms with E-state index in [1.807, 2.05) is 0 Å². The summed E-state index contributed by atoms with van der Waals surface area (Å²) in [4.78, 5) is 27.4. The summed E-state index contributed by atoms with van der Waals surface area (Å²) in [6.45, 7) is 4.76. The summed E-state index contributed by atoms with van der Waals surface area (Å²) < 4.78 is 17.1. The van der Waals surface area contributed by atoms with E-state index in [-0.39, 0.29) is 49.9 Å². The molecule has 3 aliphatic rings. The summed E-state index contributed by atoms with van der Waals surface area (Å²) in [5.74, 6) is 1.13. The van der Waals surface area contributed by atoms with Crippen molar-refractivity contribution in [2.45, 2.75) is 89.6 Å². The summed E-state index contributed by atoms with van der Waals surface area (Å²) in [7, 11) is 0. The van der Waals surface area contributed by atoms with Gasteiger partial charge in [0, 0.05) is 6.54 Å². The summed E-state index contributed by atoms with van der Waals surface area (Å²) in [6.07, 6.45) is 6.45. The molecule has 1 saturated carbocycles. The van der Waals surface area contributed by atoms with Gasteiger partial charge in [0.15, 0.2) is 5.76 Å². The molecule has 0 bridgehead atoms. The van der Waals surface area contributed by atoms with Crippen molar-refractivity contribution in [3.63, 3.8) is 0 Å². The molecule has 1 aromatic rings. The van der Waals surface area contributed by atoms with Crippen molar-refractivity contribution in [1.29, 1.82) is 0 Å². The number of aryl methyl sites for hydroxylation is 2. The van der Waals surface area contributed by atoms with Crippen LogP contribution in [0.4, 0.5) is 10.5 Å². The van der Waals surface area contributed by atoms with Crippen molar-refractivity contribution < 1.29 is 28.7 Å². The third kappa shape index (κ3) is 6.28. The lowest BCUT2D eigenvalue weighted by atomic mass is 9.89. The molecule has 1 aliphatic carbocycles. The van der Waals surface area contributed by atoms with Gasteiger partial charge in [0.05, 0.1) is 44.4 Å². The van der Waals surface area contributed by atoms with Gasteiger partial charge in [0.25, 0.3) is 0 Å². The first-order valence-corrected chi connectivity index (χ1v) is 12.6. The molecule has 4 atom stereocenters. The lowest BCUT2D eigenvalue weighted by Gasteiger charge is -2.44. The number of hydrogen-bond donors (Lipinski definition) is 3. The fourth-order valence-electron chi connectivity index (χ4n) is 5.34. The second-order valence-corrected chi connectivity index (χ2v) is 9.93. The average Bonchev–Trinajstić information content (AvgIpc) is 3.13. The second-order valence-electron chi connectivity index (χ2n) is 9.93. The molecule has 190 valence electrons. The van der Waals surface area contributed by atoms with Crippen LogP contribution in [0.3, 0.4) is 0 Å². The van der Waals surface area contributed by atoms with E-state index in [0.717, 1.165) is 6.54 Å². The number of aliphatic hydroxyl groups excluding tert-OH is 1. The summed E-state index contributed by atoms with van der Waals surface area (Å²) in [6, 6.07) is -0.602. The maximum atomic E-state index is 13.2. The molecule has 3 N–H and O–H groups in total. The van der Waals surface area contributed by atoms with E-state index in [1.165, 1.54) is 32.1 Å². The van der Waals surface area contributed by atoms with E-state index in [2.05, 4.69) is 15.8 Å². The SMILES string of the molecule is Cc1noc(C)c1NC(=O)N1C[C@@H](O)COC[C@H]2O[C@H](CC(=O)NCC3CCCCC3)CC[C@@H]21. The number of carbonyl (C=O) groups excluding carboxylic acids is 2. The quantitative estimate of drug-likeness (QED) is 0.594. The third-order valence-electron chi connectivity index (χ3n) is 7.23. The average molecular weight is 479 g/mol. The molecule has 2 saturated heterocycles. The van der Waals surface area contributed by atoms with Crippen molar-refractivity contribution in [1.82, 2.24) is 15.4 Å². The van der Waals surface area contributed by atoms with Gasteiger partial charge in [-0.15, -0.1) is 0 Å². The van der Waals surface area contributed by atoms with Crippen molar-refractivity contribution in [2.24, 2.45) is 5.92 Å². The number of aromatic nitrogens is 1. The van der Waals surface area contributed by atoms with Crippen LogP contribution in [0.5, 0.6) is 0 Å². The maximum absolute atomic E-state index is 13.2. The number of amides is 3. The highest BCUT2D eigenvalue weighted by Gasteiger charge is 2.40. The van der Waals surface area contributed by atoms with Crippen LogP contribution in [0.2, 0.25) is 0 Å². The monoisotopic (exact) mass is 478 g/mol. The van der Waals surface area contributed by atoms with Gasteiger partial charge < -0.3 is 34.6 Å². The van der Waals surface area contributed by atoms with Crippen LogP contribution in [0.1, 0.15) is 62.8 Å². The van der Waals surface area contributed by atoms with E-state index < -0.39 is 6.10 Å². The van der Waals surface area contributed by atoms with Crippen LogP contribution in [0, 0.1) is 19.8 Å². The van der Waals surface area contributed by atoms with Gasteiger partial charge in [-0.2, -0.15) is 0 Å². The van der Waals surface area contributed by atoms with E-state index in [9.17, 15) is 14.7 Å². The minimum absolute atomic E-state index is 0.0178. The van der Waals surface area contributed by atoms with Gasteiger partial charge in [-0.3, -0.25) is 4.79 Å². The molecule has 2 aliphatic heterocycles. The number of β-amino-alcohol motifs (C(OH)–C–C–N with tert-alkyl or cyclic N) is 1. The smallest absolute Gasteiger partial charge is 0.322 e. The van der Waals surface area contributed by atoms with Crippen LogP contribution in [-0.2, 0) is 14.3 Å². The molecule has 3 amide bonds. The molecule has 10 nitrogen and oxygen atoms in total. The third-order valence-corrected chi connectivity index (χ3v) is 7.23. The number of rotatable bonds is 5. The van der Waals surface area contributed by atoms with E-state index in [1.54, 1.807) is 18.7 Å². The van der Waals surface area contributed by atoms with E-state index >= 15 is 0 Å². The number of ether oxygens (including phenoxy) is 2. The van der Waals surface area contributed by atoms with Gasteiger partial charge in [-0.25, -0.2) is 4.79 Å². The molecule has 34 heavy (non-hydrogen) atoms. The van der Waals surface area contributed by atoms with Crippen LogP contribution in [0.25, 0.3) is 0 Å². The normalized spacial score (nSPS) is 28.5. The second kappa shape index (κ2) is 11.5. The Morgan fingerprint density at radius 3 is 2.65 bits per heavy atom. The summed E-state index contributed by atoms with van der Waals surface area (Å²) >= 11 is 0. The molecule has 4 rings (SSSR count). The molecule has 3 heterocycles. The minimum atomic E-state index is -0.792. The Morgan fingerprint density at radius 2 is 1.91 bits per heavy atom. The molecule has 10 heteroatoms. The number of aliphatic hydroxyl groups is 1. The Labute approximate surface area is 200 Å². The predicted octanol–water partition coefficient (Wildman–Crippen LogP) is 2.52. The van der Waals surface area contributed by atoms with Gasteiger partial charge in [0.1, 0.15) is 17.5 Å². The number of nitrogens with one attached hydrogen (secondary N) is 2. The first kappa shape index (κ1) is 24.9. The zero-order valence-electron chi connectivity index (χ0n) is 20.3. The number of urea groups is 1. The molecular weight excluding hydrogens is 440 g/mol. The lowest BCUT2D eigenvalue weighted by Crippen LogP contribution is -2.58. The predicted molar refractivity (Wildman–Crippen MR) is 124 cm³/mol. The Morgan fingerprint density at radius 1 is 1.12 bits per heavy atom. The molecular formula is C24H38N4O6. The van der Waals surface area contributed by atoms with Crippen LogP contribution >= 0.6 is 0 Å². The highest BCUT2D eigenvalue weighted by atomic mass is 16.5. The Hall–Kier alpha value is -2.17. The lowest BCUT2D eigenvalue weighted by molar-refractivity contribution is -0.149. The Bertz CT molecular complexity index is 820. The number of carbonyl (C=O) groups is 2. The van der Waals surface area contributed by atoms with Crippen molar-refractivity contribution >= 4 is 17.6 Å². The van der Waals surface area contributed by atoms with Crippen LogP contribution in [-0.4, -0.2) is 77.8 Å². The first-order valence-electron chi connectivity index (χ1n) is 12.6. The first-order chi connectivity index (χ1) is 16.4. The minimum Gasteiger partial charge on any atom is -0.389 e. The van der Waals surface area contributed by atoms with Gasteiger partial charge in [-0.05, 0) is 45.4 Å². The molecule has 1 aromatic heterocycles. The topological polar surface area (TPSA) is 126 Å². The van der Waals surface area contributed by atoms with Crippen LogP contribution in [0.15, 0.2) is 4.52 Å². The Kier molecular flexibility index (Phi) is 8.44. The zero-order chi connectivity index (χ0) is 24.1. The highest BCUT2D eigenvalue weighted by molar-refractivity contribution is 5.90. The van der Waals surface area contributed by atoms with Gasteiger partial charge >= 0.3 is 6.03 Å². The van der Waals surface area contributed by atoms with Crippen molar-refractivity contribution in [3.05, 3.63) is 11.5 Å². The maximum Gasteiger partial charge on any atom is 0.322 e. The van der Waals surface area contributed by atoms with E-state index in [4.69, 9.17) is 14.0 Å². The molecule has 0 unspecified atom stereocenters. The zero-order valence-corrected chi connectivity index (χ0v) is 20.3. The molecule has 0 spiro atoms. The van der Waals surface area contributed by atoms with Crippen molar-refractivity contribution in [3.8, 4) is 0 Å². The summed E-state index contributed by atoms with van der Waals surface area (Å²) in [5, 5.41) is 20.2. The highest BCUT2D eigenvalue weighted by Crippen LogP contribution is 2.29. The number of fused-ring (bicyclic) bond motifs is 1. The van der Waals surface area contributed by atoms with Gasteiger partial charge in [0.2, 0.25) is 5.91 Å². The Balaban J connectivity index is 1.35. The van der Waals surface area contributed by atoms with Crippen molar-refractivity contribution in [2.75, 3.05) is 31.6 Å². The number of hydrogen-bond acceptors (Lipinski definition) is 7. The molecule has 0 aromatic carbocycles. The fourth-order valence-corrected chi connectivity index (χ4v) is 5.34. The fraction of sp³-hybridized carbons (Fsp3) is 0.792. The number of nitrogens with zero attached hydrogens (tertiary/aromatic N) is 2. The summed E-state index contributed by atoms with van der Waals surface area (Å²) in [5.41, 5.74) is 1.14. The number of anilines is 1. The standard InChI is InChI=1S/C24H38N4O6/c1-15-23(16(2)34-27-15)26-24(31)28-12-18(29)13-32-14-21-20(28)9-8-19(33-21)10-22(30)25-11-17-6-4-3-5-7-17/h17-21,29H,3-14H2,1-2H3,(H,25,30)(H,26,31)/t18-,19+,20+,21-/m1/s1. The largest absolute Gasteiger partial charge is 0.389 e. The molecule has 0 radical (unpaired) electrons.